The zero-order chi connectivity index (χ0) is 20.6. The van der Waals surface area contributed by atoms with Crippen molar-refractivity contribution in [3.8, 4) is 5.75 Å². The minimum absolute atomic E-state index is 0.0358. The quantitative estimate of drug-likeness (QED) is 0.699. The topological polar surface area (TPSA) is 56.1 Å². The van der Waals surface area contributed by atoms with E-state index in [0.717, 1.165) is 23.6 Å². The molecular weight excluding hydrogens is 385 g/mol. The van der Waals surface area contributed by atoms with E-state index in [1.54, 1.807) is 6.92 Å². The number of halogens is 5. The summed E-state index contributed by atoms with van der Waals surface area (Å²) in [6.45, 7) is 0.0744. The van der Waals surface area contributed by atoms with E-state index in [9.17, 15) is 26.7 Å². The van der Waals surface area contributed by atoms with Crippen LogP contribution in [0.2, 0.25) is 0 Å². The Morgan fingerprint density at radius 2 is 1.96 bits per heavy atom. The predicted octanol–water partition coefficient (Wildman–Crippen LogP) is 4.89. The summed E-state index contributed by atoms with van der Waals surface area (Å²) in [7, 11) is 0. The number of anilines is 1. The molecule has 1 N–H and O–H groups in total. The molecule has 1 atom stereocenters. The third-order valence-corrected chi connectivity index (χ3v) is 4.48. The van der Waals surface area contributed by atoms with Gasteiger partial charge in [-0.05, 0) is 56.5 Å². The molecule has 0 spiro atoms. The van der Waals surface area contributed by atoms with Gasteiger partial charge < -0.3 is 10.1 Å². The summed E-state index contributed by atoms with van der Waals surface area (Å²) in [4.78, 5) is 12.6. The number of aromatic nitrogens is 2. The molecule has 152 valence electrons. The van der Waals surface area contributed by atoms with Crippen LogP contribution >= 0.6 is 0 Å². The van der Waals surface area contributed by atoms with Gasteiger partial charge in [-0.2, -0.15) is 27.1 Å². The summed E-state index contributed by atoms with van der Waals surface area (Å²) in [5.74, 6) is -0.660. The van der Waals surface area contributed by atoms with Crippen LogP contribution in [-0.2, 0) is 11.0 Å². The molecule has 1 amide bonds. The Kier molecular flexibility index (Phi) is 5.31. The van der Waals surface area contributed by atoms with Crippen molar-refractivity contribution in [2.75, 3.05) is 5.32 Å². The van der Waals surface area contributed by atoms with Crippen LogP contribution in [-0.4, -0.2) is 22.3 Å². The van der Waals surface area contributed by atoms with Crippen LogP contribution in [0.3, 0.4) is 0 Å². The Morgan fingerprint density at radius 1 is 1.29 bits per heavy atom. The highest BCUT2D eigenvalue weighted by molar-refractivity contribution is 5.94. The molecule has 1 aromatic carbocycles. The third kappa shape index (κ3) is 4.42. The highest BCUT2D eigenvalue weighted by Crippen LogP contribution is 2.43. The fourth-order valence-corrected chi connectivity index (χ4v) is 2.84. The number of hydrogen-bond acceptors (Lipinski definition) is 3. The first-order valence-electron chi connectivity index (χ1n) is 8.59. The fourth-order valence-electron chi connectivity index (χ4n) is 2.84. The zero-order valence-corrected chi connectivity index (χ0v) is 15.1. The van der Waals surface area contributed by atoms with Crippen molar-refractivity contribution in [3.63, 3.8) is 0 Å². The van der Waals surface area contributed by atoms with Crippen LogP contribution in [0.5, 0.6) is 5.75 Å². The van der Waals surface area contributed by atoms with Gasteiger partial charge in [-0.3, -0.25) is 9.48 Å². The molecule has 1 aromatic heterocycles. The van der Waals surface area contributed by atoms with E-state index in [4.69, 9.17) is 0 Å². The number of alkyl halides is 5. The molecule has 3 rings (SSSR count). The third-order valence-electron chi connectivity index (χ3n) is 4.48. The van der Waals surface area contributed by atoms with Gasteiger partial charge in [-0.15, -0.1) is 0 Å². The van der Waals surface area contributed by atoms with Crippen molar-refractivity contribution in [2.45, 2.75) is 51.4 Å². The van der Waals surface area contributed by atoms with Crippen molar-refractivity contribution >= 4 is 11.6 Å². The van der Waals surface area contributed by atoms with Gasteiger partial charge in [0.1, 0.15) is 11.8 Å². The number of amides is 1. The number of rotatable bonds is 6. The van der Waals surface area contributed by atoms with Gasteiger partial charge in [-0.1, -0.05) is 0 Å². The van der Waals surface area contributed by atoms with Gasteiger partial charge >= 0.3 is 12.8 Å². The molecule has 1 unspecified atom stereocenters. The molecule has 1 fully saturated rings. The van der Waals surface area contributed by atoms with Gasteiger partial charge in [0.05, 0.1) is 0 Å². The van der Waals surface area contributed by atoms with Crippen molar-refractivity contribution in [1.82, 2.24) is 9.78 Å². The number of carbonyl (C=O) groups is 1. The first-order chi connectivity index (χ1) is 13.1. The summed E-state index contributed by atoms with van der Waals surface area (Å²) in [5, 5.41) is 6.20. The average molecular weight is 403 g/mol. The molecule has 10 heteroatoms. The Labute approximate surface area is 157 Å². The largest absolute Gasteiger partial charge is 0.435 e. The summed E-state index contributed by atoms with van der Waals surface area (Å²) < 4.78 is 69.0. The SMILES string of the molecule is Cc1cc(OC(F)F)ccc1NC(=O)C(C)n1nc(C(F)(F)F)cc1C1CC1. The summed E-state index contributed by atoms with van der Waals surface area (Å²) >= 11 is 0. The number of benzene rings is 1. The lowest BCUT2D eigenvalue weighted by Crippen LogP contribution is -2.26. The Morgan fingerprint density at radius 3 is 2.50 bits per heavy atom. The van der Waals surface area contributed by atoms with Crippen LogP contribution in [0.15, 0.2) is 24.3 Å². The first kappa shape index (κ1) is 20.1. The molecule has 1 heterocycles. The minimum Gasteiger partial charge on any atom is -0.435 e. The Hall–Kier alpha value is -2.65. The Bertz CT molecular complexity index is 875. The molecular formula is C18H18F5N3O2. The number of hydrogen-bond donors (Lipinski definition) is 1. The van der Waals surface area contributed by atoms with Gasteiger partial charge in [0, 0.05) is 17.3 Å². The fraction of sp³-hybridized carbons (Fsp3) is 0.444. The maximum Gasteiger partial charge on any atom is 0.435 e. The van der Waals surface area contributed by atoms with Gasteiger partial charge in [0.2, 0.25) is 5.91 Å². The van der Waals surface area contributed by atoms with Crippen LogP contribution in [0, 0.1) is 6.92 Å². The van der Waals surface area contributed by atoms with Gasteiger partial charge in [-0.25, -0.2) is 0 Å². The van der Waals surface area contributed by atoms with E-state index in [1.165, 1.54) is 25.1 Å². The molecule has 1 aliphatic carbocycles. The van der Waals surface area contributed by atoms with E-state index in [-0.39, 0.29) is 11.7 Å². The van der Waals surface area contributed by atoms with Crippen molar-refractivity contribution in [1.29, 1.82) is 0 Å². The monoisotopic (exact) mass is 403 g/mol. The molecule has 5 nitrogen and oxygen atoms in total. The second-order valence-corrected chi connectivity index (χ2v) is 6.69. The highest BCUT2D eigenvalue weighted by atomic mass is 19.4. The van der Waals surface area contributed by atoms with Crippen LogP contribution in [0.1, 0.15) is 48.7 Å². The minimum atomic E-state index is -4.60. The highest BCUT2D eigenvalue weighted by Gasteiger charge is 2.39. The number of aryl methyl sites for hydroxylation is 1. The average Bonchev–Trinajstić information content (AvgIpc) is 3.33. The van der Waals surface area contributed by atoms with Crippen molar-refractivity contribution < 1.29 is 31.5 Å². The van der Waals surface area contributed by atoms with E-state index in [2.05, 4.69) is 15.2 Å². The summed E-state index contributed by atoms with van der Waals surface area (Å²) in [5.41, 5.74) is 0.165. The van der Waals surface area contributed by atoms with Crippen LogP contribution in [0.25, 0.3) is 0 Å². The Balaban J connectivity index is 1.79. The van der Waals surface area contributed by atoms with Gasteiger partial charge in [0.25, 0.3) is 0 Å². The molecule has 2 aromatic rings. The first-order valence-corrected chi connectivity index (χ1v) is 8.59. The van der Waals surface area contributed by atoms with E-state index in [0.29, 0.717) is 16.9 Å². The standard InChI is InChI=1S/C18H18F5N3O2/c1-9-7-12(28-17(19)20)5-6-13(9)24-16(27)10(2)26-14(11-3-4-11)8-15(25-26)18(21,22)23/h5-8,10-11,17H,3-4H2,1-2H3,(H,24,27). The second-order valence-electron chi connectivity index (χ2n) is 6.69. The summed E-state index contributed by atoms with van der Waals surface area (Å²) in [6.07, 6.45) is -3.09. The van der Waals surface area contributed by atoms with E-state index >= 15 is 0 Å². The van der Waals surface area contributed by atoms with Gasteiger partial charge in [0.15, 0.2) is 5.69 Å². The molecule has 0 radical (unpaired) electrons. The molecule has 1 saturated carbocycles. The predicted molar refractivity (Wildman–Crippen MR) is 90.4 cm³/mol. The molecule has 1 aliphatic rings. The van der Waals surface area contributed by atoms with Crippen molar-refractivity contribution in [2.24, 2.45) is 0 Å². The lowest BCUT2D eigenvalue weighted by Gasteiger charge is -2.17. The normalized spacial score (nSPS) is 15.6. The summed E-state index contributed by atoms with van der Waals surface area (Å²) in [6, 6.07) is 4.00. The van der Waals surface area contributed by atoms with E-state index < -0.39 is 30.4 Å². The number of ether oxygens (including phenoxy) is 1. The lowest BCUT2D eigenvalue weighted by atomic mass is 10.1. The van der Waals surface area contributed by atoms with Crippen LogP contribution < -0.4 is 10.1 Å². The van der Waals surface area contributed by atoms with Crippen LogP contribution in [0.4, 0.5) is 27.6 Å². The number of nitrogens with zero attached hydrogens (tertiary/aromatic N) is 2. The molecule has 0 aliphatic heterocycles. The number of carbonyl (C=O) groups excluding carboxylic acids is 1. The zero-order valence-electron chi connectivity index (χ0n) is 15.1. The smallest absolute Gasteiger partial charge is 0.435 e. The van der Waals surface area contributed by atoms with Crippen molar-refractivity contribution in [3.05, 3.63) is 41.2 Å². The second kappa shape index (κ2) is 7.40. The molecule has 28 heavy (non-hydrogen) atoms. The van der Waals surface area contributed by atoms with E-state index in [1.807, 2.05) is 0 Å². The molecule has 0 saturated heterocycles. The maximum absolute atomic E-state index is 13.0. The maximum atomic E-state index is 13.0. The lowest BCUT2D eigenvalue weighted by molar-refractivity contribution is -0.141. The molecule has 0 bridgehead atoms. The number of nitrogens with one attached hydrogen (secondary N) is 1.